The fraction of sp³-hybridized carbons (Fsp3) is 0.200. The number of anilines is 3. The van der Waals surface area contributed by atoms with Crippen molar-refractivity contribution < 1.29 is 9.59 Å². The van der Waals surface area contributed by atoms with E-state index in [9.17, 15) is 9.59 Å². The van der Waals surface area contributed by atoms with Crippen molar-refractivity contribution in [3.8, 4) is 0 Å². The van der Waals surface area contributed by atoms with E-state index in [0.717, 1.165) is 5.69 Å². The molecule has 0 fully saturated rings. The number of hydrazone groups is 1. The molecule has 31 heavy (non-hydrogen) atoms. The molecule has 160 valence electrons. The van der Waals surface area contributed by atoms with Gasteiger partial charge in [0, 0.05) is 36.7 Å². The standard InChI is InChI=1S/C20H22N8O2S/c1-13(17-8-3-4-10-21-17)25-26-19-24-20(28-27-19)31-11-9-18(30)23-16-7-5-6-15(12-16)22-14(2)29/h3-8,10,12H,9,11H2,1-2H3,(H,22,29)(H,23,30)(H2,24,26,27,28)/b25-13+. The molecule has 0 aliphatic heterocycles. The predicted molar refractivity (Wildman–Crippen MR) is 121 cm³/mol. The number of carbonyl (C=O) groups excluding carboxylic acids is 2. The van der Waals surface area contributed by atoms with Gasteiger partial charge in [-0.15, -0.1) is 5.10 Å². The maximum absolute atomic E-state index is 12.2. The van der Waals surface area contributed by atoms with E-state index in [4.69, 9.17) is 0 Å². The number of hydrogen-bond acceptors (Lipinski definition) is 8. The minimum atomic E-state index is -0.169. The first-order valence-electron chi connectivity index (χ1n) is 9.44. The largest absolute Gasteiger partial charge is 0.326 e. The van der Waals surface area contributed by atoms with E-state index < -0.39 is 0 Å². The van der Waals surface area contributed by atoms with Gasteiger partial charge in [-0.1, -0.05) is 23.9 Å². The van der Waals surface area contributed by atoms with Crippen molar-refractivity contribution in [2.75, 3.05) is 21.8 Å². The van der Waals surface area contributed by atoms with Crippen LogP contribution in [0.25, 0.3) is 0 Å². The Hall–Kier alpha value is -3.73. The number of nitrogens with one attached hydrogen (secondary N) is 4. The second kappa shape index (κ2) is 10.9. The fourth-order valence-electron chi connectivity index (χ4n) is 2.47. The third-order valence-electron chi connectivity index (χ3n) is 3.86. The number of aromatic amines is 1. The average Bonchev–Trinajstić information content (AvgIpc) is 3.20. The van der Waals surface area contributed by atoms with Gasteiger partial charge < -0.3 is 10.6 Å². The Morgan fingerprint density at radius 2 is 1.90 bits per heavy atom. The molecular weight excluding hydrogens is 416 g/mol. The van der Waals surface area contributed by atoms with Crippen LogP contribution in [-0.2, 0) is 9.59 Å². The van der Waals surface area contributed by atoms with Gasteiger partial charge in [0.05, 0.1) is 11.4 Å². The molecule has 0 aliphatic carbocycles. The number of pyridine rings is 1. The number of benzene rings is 1. The van der Waals surface area contributed by atoms with E-state index in [1.54, 1.807) is 30.5 Å². The Morgan fingerprint density at radius 1 is 1.10 bits per heavy atom. The lowest BCUT2D eigenvalue weighted by molar-refractivity contribution is -0.116. The molecule has 3 rings (SSSR count). The van der Waals surface area contributed by atoms with E-state index in [1.807, 2.05) is 25.1 Å². The first kappa shape index (κ1) is 22.0. The van der Waals surface area contributed by atoms with Crippen molar-refractivity contribution in [1.82, 2.24) is 20.2 Å². The Bertz CT molecular complexity index is 1070. The quantitative estimate of drug-likeness (QED) is 0.229. The van der Waals surface area contributed by atoms with Gasteiger partial charge in [0.25, 0.3) is 0 Å². The molecular formula is C20H22N8O2S. The van der Waals surface area contributed by atoms with Crippen LogP contribution in [0.2, 0.25) is 0 Å². The summed E-state index contributed by atoms with van der Waals surface area (Å²) < 4.78 is 0. The first-order valence-corrected chi connectivity index (χ1v) is 10.4. The molecule has 0 unspecified atom stereocenters. The number of aromatic nitrogens is 4. The highest BCUT2D eigenvalue weighted by Gasteiger charge is 2.08. The Kier molecular flexibility index (Phi) is 7.71. The van der Waals surface area contributed by atoms with Gasteiger partial charge in [-0.25, -0.2) is 10.5 Å². The summed E-state index contributed by atoms with van der Waals surface area (Å²) >= 11 is 1.35. The van der Waals surface area contributed by atoms with Gasteiger partial charge in [0.1, 0.15) is 0 Å². The van der Waals surface area contributed by atoms with E-state index >= 15 is 0 Å². The molecule has 0 saturated carbocycles. The Labute approximate surface area is 183 Å². The molecule has 2 heterocycles. The molecule has 10 nitrogen and oxygen atoms in total. The van der Waals surface area contributed by atoms with Crippen LogP contribution in [-0.4, -0.2) is 43.4 Å². The molecule has 11 heteroatoms. The van der Waals surface area contributed by atoms with Gasteiger partial charge in [-0.3, -0.25) is 14.6 Å². The number of rotatable bonds is 9. The van der Waals surface area contributed by atoms with Crippen LogP contribution in [0.1, 0.15) is 26.0 Å². The molecule has 0 saturated heterocycles. The molecule has 1 aromatic carbocycles. The fourth-order valence-corrected chi connectivity index (χ4v) is 3.20. The average molecular weight is 439 g/mol. The molecule has 0 spiro atoms. The molecule has 3 aromatic rings. The van der Waals surface area contributed by atoms with Gasteiger partial charge >= 0.3 is 0 Å². The third kappa shape index (κ3) is 7.23. The minimum Gasteiger partial charge on any atom is -0.326 e. The van der Waals surface area contributed by atoms with E-state index in [2.05, 4.69) is 41.3 Å². The summed E-state index contributed by atoms with van der Waals surface area (Å²) in [5.74, 6) is 0.594. The SMILES string of the molecule is CC(=O)Nc1cccc(NC(=O)CCSc2n[nH]c(N/N=C(\C)c3ccccn3)n2)c1. The van der Waals surface area contributed by atoms with E-state index in [1.165, 1.54) is 18.7 Å². The van der Waals surface area contributed by atoms with Crippen LogP contribution in [0.4, 0.5) is 17.3 Å². The van der Waals surface area contributed by atoms with Crippen LogP contribution >= 0.6 is 11.8 Å². The second-order valence-electron chi connectivity index (χ2n) is 6.40. The summed E-state index contributed by atoms with van der Waals surface area (Å²) in [6, 6.07) is 12.6. The van der Waals surface area contributed by atoms with Gasteiger partial charge in [0.2, 0.25) is 22.9 Å². The summed E-state index contributed by atoms with van der Waals surface area (Å²) in [7, 11) is 0. The zero-order valence-corrected chi connectivity index (χ0v) is 17.9. The highest BCUT2D eigenvalue weighted by molar-refractivity contribution is 7.99. The van der Waals surface area contributed by atoms with Crippen LogP contribution in [0.3, 0.4) is 0 Å². The van der Waals surface area contributed by atoms with Crippen molar-refractivity contribution in [3.63, 3.8) is 0 Å². The van der Waals surface area contributed by atoms with Crippen LogP contribution in [0.5, 0.6) is 0 Å². The summed E-state index contributed by atoms with van der Waals surface area (Å²) in [4.78, 5) is 31.8. The number of carbonyl (C=O) groups is 2. The lowest BCUT2D eigenvalue weighted by Gasteiger charge is -2.07. The summed E-state index contributed by atoms with van der Waals surface area (Å²) in [5, 5.41) is 17.1. The smallest absolute Gasteiger partial charge is 0.240 e. The minimum absolute atomic E-state index is 0.142. The van der Waals surface area contributed by atoms with Crippen molar-refractivity contribution in [1.29, 1.82) is 0 Å². The summed E-state index contributed by atoms with van der Waals surface area (Å²) in [6.45, 7) is 3.27. The van der Waals surface area contributed by atoms with Crippen molar-refractivity contribution >= 4 is 46.6 Å². The summed E-state index contributed by atoms with van der Waals surface area (Å²) in [5.41, 5.74) is 5.53. The van der Waals surface area contributed by atoms with E-state index in [0.29, 0.717) is 33.9 Å². The second-order valence-corrected chi connectivity index (χ2v) is 7.46. The van der Waals surface area contributed by atoms with E-state index in [-0.39, 0.29) is 18.2 Å². The number of nitrogens with zero attached hydrogens (tertiary/aromatic N) is 4. The van der Waals surface area contributed by atoms with Gasteiger partial charge in [0.15, 0.2) is 0 Å². The number of H-pyrrole nitrogens is 1. The maximum Gasteiger partial charge on any atom is 0.240 e. The lowest BCUT2D eigenvalue weighted by Crippen LogP contribution is -2.13. The zero-order valence-electron chi connectivity index (χ0n) is 17.0. The zero-order chi connectivity index (χ0) is 22.1. The third-order valence-corrected chi connectivity index (χ3v) is 4.71. The molecule has 0 radical (unpaired) electrons. The maximum atomic E-state index is 12.2. The Morgan fingerprint density at radius 3 is 2.65 bits per heavy atom. The molecule has 2 aromatic heterocycles. The predicted octanol–water partition coefficient (Wildman–Crippen LogP) is 3.12. The number of thioether (sulfide) groups is 1. The molecule has 2 amide bonds. The summed E-state index contributed by atoms with van der Waals surface area (Å²) in [6.07, 6.45) is 1.98. The normalized spacial score (nSPS) is 11.1. The monoisotopic (exact) mass is 438 g/mol. The van der Waals surface area contributed by atoms with Crippen molar-refractivity contribution in [2.24, 2.45) is 5.10 Å². The molecule has 0 aliphatic rings. The van der Waals surface area contributed by atoms with Gasteiger partial charge in [-0.05, 0) is 37.3 Å². The van der Waals surface area contributed by atoms with Crippen LogP contribution in [0, 0.1) is 0 Å². The van der Waals surface area contributed by atoms with Crippen LogP contribution < -0.4 is 16.1 Å². The molecule has 4 N–H and O–H groups in total. The van der Waals surface area contributed by atoms with Crippen molar-refractivity contribution in [2.45, 2.75) is 25.4 Å². The van der Waals surface area contributed by atoms with Crippen LogP contribution in [0.15, 0.2) is 58.9 Å². The number of amides is 2. The Balaban J connectivity index is 1.43. The van der Waals surface area contributed by atoms with Crippen molar-refractivity contribution in [3.05, 3.63) is 54.4 Å². The highest BCUT2D eigenvalue weighted by Crippen LogP contribution is 2.18. The highest BCUT2D eigenvalue weighted by atomic mass is 32.2. The van der Waals surface area contributed by atoms with Gasteiger partial charge in [-0.2, -0.15) is 10.1 Å². The molecule has 0 atom stereocenters. The molecule has 0 bridgehead atoms. The number of hydrogen-bond donors (Lipinski definition) is 4. The lowest BCUT2D eigenvalue weighted by atomic mass is 10.2. The first-order chi connectivity index (χ1) is 15.0. The topological polar surface area (TPSA) is 137 Å².